The molecule has 0 aliphatic heterocycles. The van der Waals surface area contributed by atoms with Crippen molar-refractivity contribution in [2.45, 2.75) is 26.3 Å². The molecule has 0 fully saturated rings. The number of nitrogens with one attached hydrogen (secondary N) is 1. The highest BCUT2D eigenvalue weighted by Crippen LogP contribution is 2.15. The quantitative estimate of drug-likeness (QED) is 0.862. The summed E-state index contributed by atoms with van der Waals surface area (Å²) >= 11 is 0. The topological polar surface area (TPSA) is 56.1 Å². The molecule has 0 radical (unpaired) electrons. The molecule has 1 aromatic rings. The highest BCUT2D eigenvalue weighted by molar-refractivity contribution is 5.93. The molecule has 0 bridgehead atoms. The van der Waals surface area contributed by atoms with E-state index >= 15 is 0 Å². The number of anilines is 1. The van der Waals surface area contributed by atoms with Gasteiger partial charge < -0.3 is 10.2 Å². The molecule has 4 nitrogen and oxygen atoms in total. The molecule has 1 N–H and O–H groups in total. The van der Waals surface area contributed by atoms with Crippen molar-refractivity contribution in [3.05, 3.63) is 29.8 Å². The number of hydrogen-bond donors (Lipinski definition) is 1. The molecule has 1 atom stereocenters. The molecular formula is C14H19N3O. The monoisotopic (exact) mass is 245 g/mol. The van der Waals surface area contributed by atoms with E-state index in [9.17, 15) is 4.79 Å². The fraction of sp³-hybridized carbons (Fsp3) is 0.429. The minimum absolute atomic E-state index is 0.0403. The van der Waals surface area contributed by atoms with Crippen LogP contribution >= 0.6 is 0 Å². The first-order valence-corrected chi connectivity index (χ1v) is 6.08. The summed E-state index contributed by atoms with van der Waals surface area (Å²) in [4.78, 5) is 13.6. The van der Waals surface area contributed by atoms with Crippen LogP contribution in [0.3, 0.4) is 0 Å². The van der Waals surface area contributed by atoms with Crippen LogP contribution in [-0.4, -0.2) is 25.5 Å². The van der Waals surface area contributed by atoms with Gasteiger partial charge in [0.15, 0.2) is 0 Å². The van der Waals surface area contributed by atoms with Crippen molar-refractivity contribution < 1.29 is 4.79 Å². The van der Waals surface area contributed by atoms with E-state index < -0.39 is 0 Å². The van der Waals surface area contributed by atoms with Crippen molar-refractivity contribution in [3.63, 3.8) is 0 Å². The average molecular weight is 245 g/mol. The molecule has 1 rings (SSSR count). The molecule has 96 valence electrons. The van der Waals surface area contributed by atoms with Gasteiger partial charge in [0.2, 0.25) is 5.91 Å². The number of carbonyl (C=O) groups is 1. The third-order valence-corrected chi connectivity index (χ3v) is 2.77. The van der Waals surface area contributed by atoms with Gasteiger partial charge in [-0.25, -0.2) is 0 Å². The standard InChI is InChI=1S/C14H19N3O/c1-4-16-11(2)8-14(18)17(3)13-7-5-6-12(9-13)10-15/h5-7,9,11,16H,4,8H2,1-3H3. The SMILES string of the molecule is CCNC(C)CC(=O)N(C)c1cccc(C#N)c1. The number of amides is 1. The van der Waals surface area contributed by atoms with Crippen molar-refractivity contribution in [3.8, 4) is 6.07 Å². The second kappa shape index (κ2) is 6.77. The van der Waals surface area contributed by atoms with Gasteiger partial charge in [-0.3, -0.25) is 4.79 Å². The predicted molar refractivity (Wildman–Crippen MR) is 72.3 cm³/mol. The Bertz CT molecular complexity index is 451. The predicted octanol–water partition coefficient (Wildman–Crippen LogP) is 1.91. The lowest BCUT2D eigenvalue weighted by Gasteiger charge is -2.20. The van der Waals surface area contributed by atoms with Crippen molar-refractivity contribution >= 4 is 11.6 Å². The van der Waals surface area contributed by atoms with E-state index in [1.165, 1.54) is 0 Å². The number of hydrogen-bond acceptors (Lipinski definition) is 3. The maximum Gasteiger partial charge on any atom is 0.228 e. The van der Waals surface area contributed by atoms with Crippen LogP contribution in [0, 0.1) is 11.3 Å². The molecular weight excluding hydrogens is 226 g/mol. The van der Waals surface area contributed by atoms with Gasteiger partial charge in [0.25, 0.3) is 0 Å². The second-order valence-electron chi connectivity index (χ2n) is 4.28. The van der Waals surface area contributed by atoms with Crippen LogP contribution in [-0.2, 0) is 4.79 Å². The first-order chi connectivity index (χ1) is 8.58. The van der Waals surface area contributed by atoms with Crippen molar-refractivity contribution in [2.75, 3.05) is 18.5 Å². The van der Waals surface area contributed by atoms with Crippen LogP contribution in [0.5, 0.6) is 0 Å². The third-order valence-electron chi connectivity index (χ3n) is 2.77. The molecule has 0 spiro atoms. The van der Waals surface area contributed by atoms with E-state index in [1.54, 1.807) is 30.1 Å². The largest absolute Gasteiger partial charge is 0.315 e. The van der Waals surface area contributed by atoms with Crippen LogP contribution in [0.1, 0.15) is 25.8 Å². The summed E-state index contributed by atoms with van der Waals surface area (Å²) in [6.45, 7) is 4.85. The Morgan fingerprint density at radius 2 is 2.28 bits per heavy atom. The summed E-state index contributed by atoms with van der Waals surface area (Å²) in [6.07, 6.45) is 0.446. The maximum absolute atomic E-state index is 12.0. The molecule has 0 aliphatic carbocycles. The highest BCUT2D eigenvalue weighted by atomic mass is 16.2. The molecule has 1 unspecified atom stereocenters. The normalized spacial score (nSPS) is 11.7. The van der Waals surface area contributed by atoms with Gasteiger partial charge >= 0.3 is 0 Å². The molecule has 0 aromatic heterocycles. The Morgan fingerprint density at radius 3 is 2.89 bits per heavy atom. The summed E-state index contributed by atoms with van der Waals surface area (Å²) in [5.74, 6) is 0.0403. The molecule has 4 heteroatoms. The maximum atomic E-state index is 12.0. The van der Waals surface area contributed by atoms with E-state index in [0.717, 1.165) is 12.2 Å². The molecule has 0 aliphatic rings. The number of carbonyl (C=O) groups excluding carboxylic acids is 1. The van der Waals surface area contributed by atoms with Crippen LogP contribution in [0.15, 0.2) is 24.3 Å². The van der Waals surface area contributed by atoms with Crippen molar-refractivity contribution in [1.82, 2.24) is 5.32 Å². The summed E-state index contributed by atoms with van der Waals surface area (Å²) in [6, 6.07) is 9.28. The van der Waals surface area contributed by atoms with Gasteiger partial charge in [-0.15, -0.1) is 0 Å². The summed E-state index contributed by atoms with van der Waals surface area (Å²) in [7, 11) is 1.73. The van der Waals surface area contributed by atoms with Crippen molar-refractivity contribution in [2.24, 2.45) is 0 Å². The molecule has 1 aromatic carbocycles. The van der Waals surface area contributed by atoms with Gasteiger partial charge in [-0.05, 0) is 31.7 Å². The van der Waals surface area contributed by atoms with E-state index in [2.05, 4.69) is 11.4 Å². The Morgan fingerprint density at radius 1 is 1.56 bits per heavy atom. The Labute approximate surface area is 108 Å². The van der Waals surface area contributed by atoms with Crippen LogP contribution in [0.25, 0.3) is 0 Å². The molecule has 0 saturated carbocycles. The Balaban J connectivity index is 2.71. The summed E-state index contributed by atoms with van der Waals surface area (Å²) in [5.41, 5.74) is 1.31. The number of rotatable bonds is 5. The van der Waals surface area contributed by atoms with Gasteiger partial charge in [0.05, 0.1) is 11.6 Å². The van der Waals surface area contributed by atoms with E-state index in [-0.39, 0.29) is 11.9 Å². The lowest BCUT2D eigenvalue weighted by molar-refractivity contribution is -0.118. The van der Waals surface area contributed by atoms with Crippen molar-refractivity contribution in [1.29, 1.82) is 5.26 Å². The molecule has 1 amide bonds. The minimum atomic E-state index is 0.0403. The lowest BCUT2D eigenvalue weighted by Crippen LogP contribution is -2.34. The lowest BCUT2D eigenvalue weighted by atomic mass is 10.1. The number of benzene rings is 1. The first-order valence-electron chi connectivity index (χ1n) is 6.08. The average Bonchev–Trinajstić information content (AvgIpc) is 2.38. The zero-order valence-corrected chi connectivity index (χ0v) is 11.1. The first kappa shape index (κ1) is 14.2. The minimum Gasteiger partial charge on any atom is -0.315 e. The summed E-state index contributed by atoms with van der Waals surface area (Å²) in [5, 5.41) is 12.0. The van der Waals surface area contributed by atoms with E-state index in [0.29, 0.717) is 12.0 Å². The third kappa shape index (κ3) is 3.86. The molecule has 0 saturated heterocycles. The van der Waals surface area contributed by atoms with Gasteiger partial charge in [0.1, 0.15) is 0 Å². The van der Waals surface area contributed by atoms with E-state index in [1.807, 2.05) is 19.9 Å². The zero-order valence-electron chi connectivity index (χ0n) is 11.1. The Hall–Kier alpha value is -1.86. The van der Waals surface area contributed by atoms with Crippen LogP contribution in [0.4, 0.5) is 5.69 Å². The van der Waals surface area contributed by atoms with Gasteiger partial charge in [0, 0.05) is 25.2 Å². The number of nitriles is 1. The fourth-order valence-corrected chi connectivity index (χ4v) is 1.75. The second-order valence-corrected chi connectivity index (χ2v) is 4.28. The highest BCUT2D eigenvalue weighted by Gasteiger charge is 2.14. The molecule has 18 heavy (non-hydrogen) atoms. The molecule has 0 heterocycles. The van der Waals surface area contributed by atoms with Crippen LogP contribution in [0.2, 0.25) is 0 Å². The fourth-order valence-electron chi connectivity index (χ4n) is 1.75. The number of nitrogens with zero attached hydrogens (tertiary/aromatic N) is 2. The smallest absolute Gasteiger partial charge is 0.228 e. The zero-order chi connectivity index (χ0) is 13.5. The Kier molecular flexibility index (Phi) is 5.34. The van der Waals surface area contributed by atoms with E-state index in [4.69, 9.17) is 5.26 Å². The van der Waals surface area contributed by atoms with Gasteiger partial charge in [-0.1, -0.05) is 13.0 Å². The van der Waals surface area contributed by atoms with Gasteiger partial charge in [-0.2, -0.15) is 5.26 Å². The summed E-state index contributed by atoms with van der Waals surface area (Å²) < 4.78 is 0. The van der Waals surface area contributed by atoms with Crippen LogP contribution < -0.4 is 10.2 Å².